The number of methoxy groups -OCH3 is 1. The van der Waals surface area contributed by atoms with Crippen LogP contribution in [0, 0.1) is 5.92 Å². The summed E-state index contributed by atoms with van der Waals surface area (Å²) in [5.41, 5.74) is 2.93. The van der Waals surface area contributed by atoms with Gasteiger partial charge in [0, 0.05) is 11.1 Å². The fourth-order valence-corrected chi connectivity index (χ4v) is 5.52. The van der Waals surface area contributed by atoms with Crippen LogP contribution in [-0.2, 0) is 9.53 Å². The average Bonchev–Trinajstić information content (AvgIpc) is 3.50. The molecule has 2 aliphatic rings. The van der Waals surface area contributed by atoms with Crippen LogP contribution < -0.4 is 14.8 Å². The van der Waals surface area contributed by atoms with Gasteiger partial charge in [-0.2, -0.15) is 0 Å². The third-order valence-corrected chi connectivity index (χ3v) is 7.72. The number of hydrogen-bond acceptors (Lipinski definition) is 8. The molecule has 1 N–H and O–H groups in total. The van der Waals surface area contributed by atoms with Crippen LogP contribution >= 0.6 is 22.9 Å². The summed E-state index contributed by atoms with van der Waals surface area (Å²) in [5.74, 6) is 0.709. The topological polar surface area (TPSA) is 95.5 Å². The maximum absolute atomic E-state index is 13.5. The zero-order valence-corrected chi connectivity index (χ0v) is 24.0. The molecule has 204 valence electrons. The van der Waals surface area contributed by atoms with Crippen LogP contribution in [0.25, 0.3) is 5.57 Å². The molecule has 2 aromatic rings. The van der Waals surface area contributed by atoms with E-state index in [9.17, 15) is 4.79 Å². The minimum Gasteiger partial charge on any atom is -0.494 e. The van der Waals surface area contributed by atoms with Crippen molar-refractivity contribution in [2.75, 3.05) is 25.6 Å². The molecular weight excluding hydrogens is 524 g/mol. The van der Waals surface area contributed by atoms with Crippen LogP contribution in [0.3, 0.4) is 0 Å². The van der Waals surface area contributed by atoms with E-state index in [4.69, 9.17) is 25.8 Å². The summed E-state index contributed by atoms with van der Waals surface area (Å²) in [4.78, 5) is 17.7. The smallest absolute Gasteiger partial charge is 0.295 e. The number of halogens is 1. The van der Waals surface area contributed by atoms with E-state index >= 15 is 0 Å². The molecule has 1 saturated carbocycles. The number of amides is 1. The standard InChI is InChI=1S/C28H35ClN4O4S/c1-5-6-8-20(21(13-18(2)3)22-14-24(29)30-16-23(22)35-4)25(34)31-26-32-33-27(38-26)36-12-9-19-15-28(37-17-19)10-7-11-28/h6,8,13-14,16,19H,5,7,9-12,15,17H2,1-4H3,(H,31,32,34)/b8-6+,21-20-. The number of allylic oxidation sites excluding steroid dienone is 4. The molecule has 0 bridgehead atoms. The molecule has 10 heteroatoms. The number of ether oxygens (including phenoxy) is 3. The van der Waals surface area contributed by atoms with Crippen molar-refractivity contribution in [3.8, 4) is 10.9 Å². The molecule has 38 heavy (non-hydrogen) atoms. The lowest BCUT2D eigenvalue weighted by Gasteiger charge is -2.37. The fourth-order valence-electron chi connectivity index (χ4n) is 4.74. The van der Waals surface area contributed by atoms with Gasteiger partial charge in [0.1, 0.15) is 10.9 Å². The number of pyridine rings is 1. The molecule has 4 rings (SSSR count). The number of hydrogen-bond donors (Lipinski definition) is 1. The van der Waals surface area contributed by atoms with Gasteiger partial charge in [0.2, 0.25) is 5.13 Å². The molecule has 0 radical (unpaired) electrons. The van der Waals surface area contributed by atoms with Crippen molar-refractivity contribution in [3.63, 3.8) is 0 Å². The Morgan fingerprint density at radius 1 is 1.34 bits per heavy atom. The van der Waals surface area contributed by atoms with Crippen molar-refractivity contribution in [2.24, 2.45) is 5.92 Å². The normalized spacial score (nSPS) is 18.7. The van der Waals surface area contributed by atoms with Crippen LogP contribution in [0.2, 0.25) is 5.15 Å². The van der Waals surface area contributed by atoms with Crippen LogP contribution in [-0.4, -0.2) is 47.0 Å². The van der Waals surface area contributed by atoms with Crippen molar-refractivity contribution in [1.82, 2.24) is 15.2 Å². The first-order valence-corrected chi connectivity index (χ1v) is 14.2. The van der Waals surface area contributed by atoms with Gasteiger partial charge < -0.3 is 14.2 Å². The first-order chi connectivity index (χ1) is 18.3. The monoisotopic (exact) mass is 558 g/mol. The van der Waals surface area contributed by atoms with E-state index in [0.29, 0.717) is 50.5 Å². The predicted molar refractivity (Wildman–Crippen MR) is 151 cm³/mol. The summed E-state index contributed by atoms with van der Waals surface area (Å²) in [6.45, 7) is 7.29. The number of nitrogens with one attached hydrogen (secondary N) is 1. The Hall–Kier alpha value is -2.75. The third kappa shape index (κ3) is 7.01. The van der Waals surface area contributed by atoms with Gasteiger partial charge in [-0.1, -0.05) is 47.4 Å². The number of nitrogens with zero attached hydrogens (tertiary/aromatic N) is 3. The van der Waals surface area contributed by atoms with Crippen molar-refractivity contribution < 1.29 is 19.0 Å². The Morgan fingerprint density at radius 2 is 2.16 bits per heavy atom. The number of anilines is 1. The van der Waals surface area contributed by atoms with Gasteiger partial charge in [-0.05, 0) is 81.3 Å². The van der Waals surface area contributed by atoms with Crippen molar-refractivity contribution in [3.05, 3.63) is 52.4 Å². The second kappa shape index (κ2) is 12.9. The lowest BCUT2D eigenvalue weighted by atomic mass is 9.76. The van der Waals surface area contributed by atoms with Gasteiger partial charge in [-0.3, -0.25) is 10.1 Å². The first kappa shape index (κ1) is 28.3. The van der Waals surface area contributed by atoms with Crippen molar-refractivity contribution in [1.29, 1.82) is 0 Å². The second-order valence-corrected chi connectivity index (χ2v) is 11.3. The summed E-state index contributed by atoms with van der Waals surface area (Å²) >= 11 is 7.42. The highest BCUT2D eigenvalue weighted by atomic mass is 35.5. The Labute approximate surface area is 233 Å². The van der Waals surface area contributed by atoms with E-state index < -0.39 is 0 Å². The van der Waals surface area contributed by atoms with Crippen LogP contribution in [0.1, 0.15) is 64.9 Å². The third-order valence-electron chi connectivity index (χ3n) is 6.76. The lowest BCUT2D eigenvalue weighted by Crippen LogP contribution is -2.35. The number of aromatic nitrogens is 3. The Balaban J connectivity index is 1.49. The zero-order chi connectivity index (χ0) is 27.1. The van der Waals surface area contributed by atoms with Gasteiger partial charge in [0.05, 0.1) is 32.1 Å². The van der Waals surface area contributed by atoms with E-state index in [1.807, 2.05) is 32.9 Å². The highest BCUT2D eigenvalue weighted by Gasteiger charge is 2.44. The summed E-state index contributed by atoms with van der Waals surface area (Å²) < 4.78 is 17.4. The van der Waals surface area contributed by atoms with E-state index in [1.54, 1.807) is 25.4 Å². The van der Waals surface area contributed by atoms with Crippen LogP contribution in [0.4, 0.5) is 5.13 Å². The number of rotatable bonds is 11. The van der Waals surface area contributed by atoms with E-state index in [0.717, 1.165) is 31.4 Å². The molecule has 1 aliphatic carbocycles. The quantitative estimate of drug-likeness (QED) is 0.187. The molecule has 1 unspecified atom stereocenters. The van der Waals surface area contributed by atoms with Crippen molar-refractivity contribution in [2.45, 2.75) is 64.9 Å². The molecule has 1 aliphatic heterocycles. The highest BCUT2D eigenvalue weighted by Crippen LogP contribution is 2.46. The molecule has 2 fully saturated rings. The minimum atomic E-state index is -0.325. The van der Waals surface area contributed by atoms with E-state index in [-0.39, 0.29) is 11.5 Å². The Morgan fingerprint density at radius 3 is 2.82 bits per heavy atom. The minimum absolute atomic E-state index is 0.151. The molecule has 1 atom stereocenters. The number of carbonyl (C=O) groups is 1. The number of carbonyl (C=O) groups excluding carboxylic acids is 1. The molecule has 2 aromatic heterocycles. The SMILES string of the molecule is CC/C=C/C(C(=O)Nc1nnc(OCCC2COC3(CCC3)C2)s1)=C(\C=C(C)C)c1cc(Cl)ncc1OC. The largest absolute Gasteiger partial charge is 0.494 e. The maximum Gasteiger partial charge on any atom is 0.295 e. The maximum atomic E-state index is 13.5. The zero-order valence-electron chi connectivity index (χ0n) is 22.4. The average molecular weight is 559 g/mol. The summed E-state index contributed by atoms with van der Waals surface area (Å²) in [5, 5.41) is 12.2. The fraction of sp³-hybridized carbons (Fsp3) is 0.500. The van der Waals surface area contributed by atoms with Gasteiger partial charge in [0.25, 0.3) is 11.1 Å². The first-order valence-electron chi connectivity index (χ1n) is 13.0. The molecule has 1 spiro atoms. The molecule has 1 saturated heterocycles. The van der Waals surface area contributed by atoms with E-state index in [1.165, 1.54) is 30.6 Å². The molecule has 3 heterocycles. The molecule has 8 nitrogen and oxygen atoms in total. The highest BCUT2D eigenvalue weighted by molar-refractivity contribution is 7.17. The van der Waals surface area contributed by atoms with Gasteiger partial charge in [-0.15, -0.1) is 5.10 Å². The van der Waals surface area contributed by atoms with Gasteiger partial charge in [0.15, 0.2) is 0 Å². The van der Waals surface area contributed by atoms with Gasteiger partial charge >= 0.3 is 0 Å². The van der Waals surface area contributed by atoms with Gasteiger partial charge in [-0.25, -0.2) is 4.98 Å². The Kier molecular flexibility index (Phi) is 9.57. The Bertz CT molecular complexity index is 1230. The molecular formula is C28H35ClN4O4S. The molecule has 1 amide bonds. The summed E-state index contributed by atoms with van der Waals surface area (Å²) in [7, 11) is 1.56. The second-order valence-electron chi connectivity index (χ2n) is 9.95. The van der Waals surface area contributed by atoms with Crippen LogP contribution in [0.15, 0.2) is 41.6 Å². The molecule has 0 aromatic carbocycles. The summed E-state index contributed by atoms with van der Waals surface area (Å²) in [6.07, 6.45) is 13.6. The van der Waals surface area contributed by atoms with Crippen molar-refractivity contribution >= 4 is 39.5 Å². The van der Waals surface area contributed by atoms with E-state index in [2.05, 4.69) is 20.5 Å². The lowest BCUT2D eigenvalue weighted by molar-refractivity contribution is -0.112. The summed E-state index contributed by atoms with van der Waals surface area (Å²) in [6, 6.07) is 1.70. The predicted octanol–water partition coefficient (Wildman–Crippen LogP) is 6.65. The van der Waals surface area contributed by atoms with Crippen LogP contribution in [0.5, 0.6) is 10.9 Å².